The molecule has 4 heteroatoms. The van der Waals surface area contributed by atoms with Crippen molar-refractivity contribution in [1.29, 1.82) is 0 Å². The Labute approximate surface area is 76.4 Å². The molecule has 0 unspecified atom stereocenters. The van der Waals surface area contributed by atoms with E-state index >= 15 is 0 Å². The monoisotopic (exact) mass is 180 g/mol. The number of nitrogen functional groups attached to an aromatic ring is 1. The molecule has 0 radical (unpaired) electrons. The van der Waals surface area contributed by atoms with E-state index in [4.69, 9.17) is 20.9 Å². The summed E-state index contributed by atoms with van der Waals surface area (Å²) >= 11 is 0. The van der Waals surface area contributed by atoms with Gasteiger partial charge in [0.15, 0.2) is 0 Å². The van der Waals surface area contributed by atoms with E-state index in [9.17, 15) is 0 Å². The standard InChI is InChI=1S/C9H12N2O2/c1-12-9-3-8-5(2-6(9)10)7(11)4-13-8/h2-3,7H,4,10-11H2,1H3/t7-/m1/s1. The average molecular weight is 180 g/mol. The molecule has 0 bridgehead atoms. The smallest absolute Gasteiger partial charge is 0.145 e. The molecule has 0 amide bonds. The van der Waals surface area contributed by atoms with Gasteiger partial charge in [0.1, 0.15) is 18.1 Å². The predicted molar refractivity (Wildman–Crippen MR) is 49.8 cm³/mol. The highest BCUT2D eigenvalue weighted by Gasteiger charge is 2.22. The Morgan fingerprint density at radius 1 is 1.54 bits per heavy atom. The van der Waals surface area contributed by atoms with Crippen LogP contribution in [0.1, 0.15) is 11.6 Å². The molecule has 0 saturated heterocycles. The van der Waals surface area contributed by atoms with Crippen LogP contribution < -0.4 is 20.9 Å². The molecule has 2 rings (SSSR count). The topological polar surface area (TPSA) is 70.5 Å². The van der Waals surface area contributed by atoms with Crippen molar-refractivity contribution in [3.8, 4) is 11.5 Å². The zero-order valence-corrected chi connectivity index (χ0v) is 7.41. The summed E-state index contributed by atoms with van der Waals surface area (Å²) in [6.45, 7) is 0.516. The van der Waals surface area contributed by atoms with Crippen molar-refractivity contribution in [3.05, 3.63) is 17.7 Å². The molecule has 1 aromatic carbocycles. The Morgan fingerprint density at radius 3 is 3.00 bits per heavy atom. The molecule has 4 nitrogen and oxygen atoms in total. The average Bonchev–Trinajstić information content (AvgIpc) is 2.47. The number of fused-ring (bicyclic) bond motifs is 1. The van der Waals surface area contributed by atoms with Gasteiger partial charge in [-0.05, 0) is 6.07 Å². The number of methoxy groups -OCH3 is 1. The lowest BCUT2D eigenvalue weighted by Crippen LogP contribution is -2.10. The normalized spacial score (nSPS) is 19.4. The van der Waals surface area contributed by atoms with Gasteiger partial charge in [0.2, 0.25) is 0 Å². The third-order valence-electron chi connectivity index (χ3n) is 2.18. The van der Waals surface area contributed by atoms with Gasteiger partial charge in [0.05, 0.1) is 18.8 Å². The van der Waals surface area contributed by atoms with Crippen molar-refractivity contribution in [2.45, 2.75) is 6.04 Å². The predicted octanol–water partition coefficient (Wildman–Crippen LogP) is 0.670. The lowest BCUT2D eigenvalue weighted by atomic mass is 10.1. The van der Waals surface area contributed by atoms with Crippen LogP contribution in [0.15, 0.2) is 12.1 Å². The molecule has 0 fully saturated rings. The number of ether oxygens (including phenoxy) is 2. The fourth-order valence-electron chi connectivity index (χ4n) is 1.46. The van der Waals surface area contributed by atoms with E-state index in [0.29, 0.717) is 18.0 Å². The summed E-state index contributed by atoms with van der Waals surface area (Å²) in [5.74, 6) is 1.41. The minimum atomic E-state index is -0.0665. The van der Waals surface area contributed by atoms with Crippen molar-refractivity contribution in [1.82, 2.24) is 0 Å². The minimum Gasteiger partial charge on any atom is -0.494 e. The first-order valence-corrected chi connectivity index (χ1v) is 4.08. The first kappa shape index (κ1) is 8.19. The third kappa shape index (κ3) is 1.19. The van der Waals surface area contributed by atoms with Crippen LogP contribution in [-0.2, 0) is 0 Å². The number of benzene rings is 1. The highest BCUT2D eigenvalue weighted by molar-refractivity contribution is 5.60. The van der Waals surface area contributed by atoms with Crippen LogP contribution in [0.4, 0.5) is 5.69 Å². The van der Waals surface area contributed by atoms with Gasteiger partial charge in [-0.15, -0.1) is 0 Å². The van der Waals surface area contributed by atoms with E-state index in [1.54, 1.807) is 13.2 Å². The number of rotatable bonds is 1. The minimum absolute atomic E-state index is 0.0665. The highest BCUT2D eigenvalue weighted by atomic mass is 16.5. The van der Waals surface area contributed by atoms with Crippen LogP contribution in [0, 0.1) is 0 Å². The van der Waals surface area contributed by atoms with Gasteiger partial charge in [-0.2, -0.15) is 0 Å². The van der Waals surface area contributed by atoms with E-state index in [-0.39, 0.29) is 6.04 Å². The van der Waals surface area contributed by atoms with Crippen LogP contribution in [0.5, 0.6) is 11.5 Å². The number of hydrogen-bond donors (Lipinski definition) is 2. The van der Waals surface area contributed by atoms with Crippen molar-refractivity contribution in [2.75, 3.05) is 19.5 Å². The van der Waals surface area contributed by atoms with Gasteiger partial charge in [-0.3, -0.25) is 0 Å². The second-order valence-electron chi connectivity index (χ2n) is 3.05. The van der Waals surface area contributed by atoms with Crippen molar-refractivity contribution >= 4 is 5.69 Å². The maximum atomic E-state index is 5.79. The maximum Gasteiger partial charge on any atom is 0.145 e. The Balaban J connectivity index is 2.50. The molecule has 13 heavy (non-hydrogen) atoms. The molecule has 1 aromatic rings. The summed E-state index contributed by atoms with van der Waals surface area (Å²) in [4.78, 5) is 0. The van der Waals surface area contributed by atoms with Crippen LogP contribution in [-0.4, -0.2) is 13.7 Å². The molecular weight excluding hydrogens is 168 g/mol. The van der Waals surface area contributed by atoms with Crippen LogP contribution in [0.25, 0.3) is 0 Å². The molecule has 1 heterocycles. The number of hydrogen-bond acceptors (Lipinski definition) is 4. The second-order valence-corrected chi connectivity index (χ2v) is 3.05. The van der Waals surface area contributed by atoms with Crippen LogP contribution in [0.3, 0.4) is 0 Å². The van der Waals surface area contributed by atoms with Gasteiger partial charge in [-0.25, -0.2) is 0 Å². The van der Waals surface area contributed by atoms with Crippen molar-refractivity contribution in [3.63, 3.8) is 0 Å². The maximum absolute atomic E-state index is 5.79. The summed E-state index contributed by atoms with van der Waals surface area (Å²) in [5, 5.41) is 0. The highest BCUT2D eigenvalue weighted by Crippen LogP contribution is 2.37. The lowest BCUT2D eigenvalue weighted by molar-refractivity contribution is 0.331. The summed E-state index contributed by atoms with van der Waals surface area (Å²) < 4.78 is 10.4. The molecule has 0 saturated carbocycles. The third-order valence-corrected chi connectivity index (χ3v) is 2.18. The van der Waals surface area contributed by atoms with Gasteiger partial charge in [-0.1, -0.05) is 0 Å². The molecule has 4 N–H and O–H groups in total. The largest absolute Gasteiger partial charge is 0.494 e. The molecule has 1 aliphatic heterocycles. The lowest BCUT2D eigenvalue weighted by Gasteiger charge is -2.07. The Morgan fingerprint density at radius 2 is 2.31 bits per heavy atom. The van der Waals surface area contributed by atoms with Crippen LogP contribution in [0.2, 0.25) is 0 Å². The quantitative estimate of drug-likeness (QED) is 0.623. The van der Waals surface area contributed by atoms with Gasteiger partial charge in [0.25, 0.3) is 0 Å². The first-order valence-electron chi connectivity index (χ1n) is 4.08. The fourth-order valence-corrected chi connectivity index (χ4v) is 1.46. The molecular formula is C9H12N2O2. The molecule has 0 aliphatic carbocycles. The first-order chi connectivity index (χ1) is 6.22. The van der Waals surface area contributed by atoms with Crippen molar-refractivity contribution < 1.29 is 9.47 Å². The van der Waals surface area contributed by atoms with E-state index in [2.05, 4.69) is 0 Å². The molecule has 0 aromatic heterocycles. The zero-order chi connectivity index (χ0) is 9.42. The molecule has 1 aliphatic rings. The van der Waals surface area contributed by atoms with E-state index < -0.39 is 0 Å². The van der Waals surface area contributed by atoms with E-state index in [1.807, 2.05) is 6.07 Å². The van der Waals surface area contributed by atoms with Crippen LogP contribution >= 0.6 is 0 Å². The van der Waals surface area contributed by atoms with Crippen molar-refractivity contribution in [2.24, 2.45) is 5.73 Å². The summed E-state index contributed by atoms with van der Waals surface area (Å²) in [5.41, 5.74) is 13.1. The second kappa shape index (κ2) is 2.81. The summed E-state index contributed by atoms with van der Waals surface area (Å²) in [6.07, 6.45) is 0. The number of anilines is 1. The summed E-state index contributed by atoms with van der Waals surface area (Å²) in [7, 11) is 1.58. The Hall–Kier alpha value is -1.42. The summed E-state index contributed by atoms with van der Waals surface area (Å²) in [6, 6.07) is 3.52. The SMILES string of the molecule is COc1cc2c(cc1N)[C@H](N)CO2. The fraction of sp³-hybridized carbons (Fsp3) is 0.333. The molecule has 0 spiro atoms. The zero-order valence-electron chi connectivity index (χ0n) is 7.41. The van der Waals surface area contributed by atoms with Gasteiger partial charge < -0.3 is 20.9 Å². The van der Waals surface area contributed by atoms with Gasteiger partial charge in [0, 0.05) is 11.6 Å². The Bertz CT molecular complexity index is 339. The number of nitrogens with two attached hydrogens (primary N) is 2. The molecule has 1 atom stereocenters. The van der Waals surface area contributed by atoms with E-state index in [1.165, 1.54) is 0 Å². The van der Waals surface area contributed by atoms with Gasteiger partial charge >= 0.3 is 0 Å². The van der Waals surface area contributed by atoms with E-state index in [0.717, 1.165) is 11.3 Å². The molecule has 70 valence electrons. The Kier molecular flexibility index (Phi) is 1.77.